The number of rotatable bonds is 7. The van der Waals surface area contributed by atoms with Crippen LogP contribution in [0.15, 0.2) is 16.6 Å². The van der Waals surface area contributed by atoms with Crippen LogP contribution >= 0.6 is 28.3 Å². The van der Waals surface area contributed by atoms with Gasteiger partial charge in [-0.15, -0.1) is 12.4 Å². The average molecular weight is 436 g/mol. The first-order chi connectivity index (χ1) is 11.5. The Hall–Kier alpha value is -0.820. The third-order valence-electron chi connectivity index (χ3n) is 4.21. The molecule has 7 heteroatoms. The maximum atomic E-state index is 11.6. The third kappa shape index (κ3) is 6.77. The number of aryl methyl sites for hydroxylation is 1. The summed E-state index contributed by atoms with van der Waals surface area (Å²) in [6.45, 7) is 7.08. The second-order valence-corrected chi connectivity index (χ2v) is 7.05. The van der Waals surface area contributed by atoms with Crippen LogP contribution in [0, 0.1) is 6.92 Å². The highest BCUT2D eigenvalue weighted by Crippen LogP contribution is 2.32. The number of likely N-dealkylation sites (tertiary alicyclic amines) is 1. The van der Waals surface area contributed by atoms with Crippen molar-refractivity contribution in [3.05, 3.63) is 27.7 Å². The SMILES string of the molecule is CCOC(=O)COc1c(Br)cc(C)cc1CN1CCCC(NC)C1.Cl. The van der Waals surface area contributed by atoms with Gasteiger partial charge in [0.1, 0.15) is 5.75 Å². The molecule has 1 saturated heterocycles. The van der Waals surface area contributed by atoms with E-state index in [1.807, 2.05) is 13.1 Å². The van der Waals surface area contributed by atoms with Gasteiger partial charge in [0.2, 0.25) is 0 Å². The highest BCUT2D eigenvalue weighted by molar-refractivity contribution is 9.10. The fourth-order valence-corrected chi connectivity index (χ4v) is 3.82. The second kappa shape index (κ2) is 11.0. The van der Waals surface area contributed by atoms with Crippen molar-refractivity contribution in [2.24, 2.45) is 0 Å². The van der Waals surface area contributed by atoms with Gasteiger partial charge in [-0.1, -0.05) is 6.07 Å². The van der Waals surface area contributed by atoms with Gasteiger partial charge in [0.15, 0.2) is 6.61 Å². The molecule has 1 atom stereocenters. The predicted octanol–water partition coefficient (Wildman–Crippen LogP) is 3.31. The highest BCUT2D eigenvalue weighted by atomic mass is 79.9. The number of ether oxygens (including phenoxy) is 2. The van der Waals surface area contributed by atoms with Crippen LogP contribution in [0.25, 0.3) is 0 Å². The van der Waals surface area contributed by atoms with Crippen LogP contribution in [0.5, 0.6) is 5.75 Å². The molecule has 1 fully saturated rings. The van der Waals surface area contributed by atoms with Gasteiger partial charge in [-0.25, -0.2) is 4.79 Å². The van der Waals surface area contributed by atoms with E-state index in [-0.39, 0.29) is 25.0 Å². The molecule has 0 radical (unpaired) electrons. The van der Waals surface area contributed by atoms with Crippen LogP contribution < -0.4 is 10.1 Å². The molecular formula is C18H28BrClN2O3. The lowest BCUT2D eigenvalue weighted by molar-refractivity contribution is -0.145. The van der Waals surface area contributed by atoms with Gasteiger partial charge in [0, 0.05) is 24.7 Å². The Kier molecular flexibility index (Phi) is 9.79. The van der Waals surface area contributed by atoms with E-state index in [1.54, 1.807) is 6.92 Å². The summed E-state index contributed by atoms with van der Waals surface area (Å²) in [7, 11) is 2.02. The van der Waals surface area contributed by atoms with Gasteiger partial charge in [0.25, 0.3) is 0 Å². The largest absolute Gasteiger partial charge is 0.480 e. The molecule has 5 nitrogen and oxygen atoms in total. The number of benzene rings is 1. The van der Waals surface area contributed by atoms with Gasteiger partial charge in [-0.3, -0.25) is 4.90 Å². The van der Waals surface area contributed by atoms with Crippen LogP contribution in [0.2, 0.25) is 0 Å². The molecular weight excluding hydrogens is 408 g/mol. The number of piperidine rings is 1. The third-order valence-corrected chi connectivity index (χ3v) is 4.80. The Balaban J connectivity index is 0.00000312. The monoisotopic (exact) mass is 434 g/mol. The lowest BCUT2D eigenvalue weighted by Crippen LogP contribution is -2.43. The first-order valence-corrected chi connectivity index (χ1v) is 9.29. The van der Waals surface area contributed by atoms with E-state index in [0.29, 0.717) is 12.6 Å². The fraction of sp³-hybridized carbons (Fsp3) is 0.611. The Labute approximate surface area is 165 Å². The first-order valence-electron chi connectivity index (χ1n) is 8.50. The first kappa shape index (κ1) is 22.2. The highest BCUT2D eigenvalue weighted by Gasteiger charge is 2.21. The van der Waals surface area contributed by atoms with Crippen molar-refractivity contribution in [1.29, 1.82) is 0 Å². The van der Waals surface area contributed by atoms with E-state index in [1.165, 1.54) is 18.4 Å². The van der Waals surface area contributed by atoms with E-state index in [0.717, 1.165) is 35.4 Å². The summed E-state index contributed by atoms with van der Waals surface area (Å²) in [6, 6.07) is 4.68. The normalized spacial score (nSPS) is 17.7. The number of nitrogens with zero attached hydrogens (tertiary/aromatic N) is 1. The Morgan fingerprint density at radius 2 is 2.20 bits per heavy atom. The summed E-state index contributed by atoms with van der Waals surface area (Å²) in [5, 5.41) is 3.37. The summed E-state index contributed by atoms with van der Waals surface area (Å²) in [6.07, 6.45) is 2.41. The molecule has 1 heterocycles. The molecule has 1 aromatic carbocycles. The van der Waals surface area contributed by atoms with Crippen molar-refractivity contribution in [1.82, 2.24) is 10.2 Å². The average Bonchev–Trinajstić information content (AvgIpc) is 2.54. The van der Waals surface area contributed by atoms with Crippen molar-refractivity contribution in [3.63, 3.8) is 0 Å². The van der Waals surface area contributed by atoms with Gasteiger partial charge in [-0.2, -0.15) is 0 Å². The van der Waals surface area contributed by atoms with Crippen LogP contribution in [-0.2, 0) is 16.1 Å². The number of hydrogen-bond donors (Lipinski definition) is 1. The van der Waals surface area contributed by atoms with Gasteiger partial charge in [-0.05, 0) is 67.8 Å². The van der Waals surface area contributed by atoms with Crippen LogP contribution in [0.1, 0.15) is 30.9 Å². The van der Waals surface area contributed by atoms with E-state index in [2.05, 4.69) is 39.1 Å². The Morgan fingerprint density at radius 3 is 2.88 bits per heavy atom. The van der Waals surface area contributed by atoms with Crippen LogP contribution in [0.3, 0.4) is 0 Å². The molecule has 0 saturated carbocycles. The van der Waals surface area contributed by atoms with Crippen LogP contribution in [-0.4, -0.2) is 50.3 Å². The molecule has 0 bridgehead atoms. The minimum absolute atomic E-state index is 0. The molecule has 0 amide bonds. The van der Waals surface area contributed by atoms with E-state index in [4.69, 9.17) is 9.47 Å². The molecule has 1 N–H and O–H groups in total. The quantitative estimate of drug-likeness (QED) is 0.666. The zero-order valence-corrected chi connectivity index (χ0v) is 17.5. The van der Waals surface area contributed by atoms with Gasteiger partial charge >= 0.3 is 5.97 Å². The van der Waals surface area contributed by atoms with Crippen molar-refractivity contribution in [2.75, 3.05) is 33.4 Å². The Morgan fingerprint density at radius 1 is 1.44 bits per heavy atom. The topological polar surface area (TPSA) is 50.8 Å². The maximum Gasteiger partial charge on any atom is 0.344 e. The maximum absolute atomic E-state index is 11.6. The minimum Gasteiger partial charge on any atom is -0.480 e. The molecule has 1 aromatic rings. The molecule has 0 aromatic heterocycles. The van der Waals surface area contributed by atoms with E-state index in [9.17, 15) is 4.79 Å². The van der Waals surface area contributed by atoms with Crippen molar-refractivity contribution < 1.29 is 14.3 Å². The molecule has 0 aliphatic carbocycles. The molecule has 1 aliphatic heterocycles. The van der Waals surface area contributed by atoms with Crippen molar-refractivity contribution >= 4 is 34.3 Å². The number of esters is 1. The molecule has 25 heavy (non-hydrogen) atoms. The predicted molar refractivity (Wildman–Crippen MR) is 106 cm³/mol. The molecule has 1 unspecified atom stereocenters. The van der Waals surface area contributed by atoms with Crippen molar-refractivity contribution in [2.45, 2.75) is 39.3 Å². The number of carbonyl (C=O) groups is 1. The lowest BCUT2D eigenvalue weighted by atomic mass is 10.0. The molecule has 142 valence electrons. The van der Waals surface area contributed by atoms with Crippen molar-refractivity contribution in [3.8, 4) is 5.75 Å². The van der Waals surface area contributed by atoms with E-state index < -0.39 is 0 Å². The van der Waals surface area contributed by atoms with Gasteiger partial charge in [0.05, 0.1) is 11.1 Å². The lowest BCUT2D eigenvalue weighted by Gasteiger charge is -2.33. The van der Waals surface area contributed by atoms with Crippen LogP contribution in [0.4, 0.5) is 0 Å². The Bertz CT molecular complexity index is 571. The smallest absolute Gasteiger partial charge is 0.344 e. The molecule has 1 aliphatic rings. The molecule has 2 rings (SSSR count). The minimum atomic E-state index is -0.343. The standard InChI is InChI=1S/C18H27BrN2O3.ClH/c1-4-23-17(22)12-24-18-14(8-13(2)9-16(18)19)10-21-7-5-6-15(11-21)20-3;/h8-9,15,20H,4-7,10-12H2,1-3H3;1H. The zero-order chi connectivity index (χ0) is 17.5. The van der Waals surface area contributed by atoms with E-state index >= 15 is 0 Å². The summed E-state index contributed by atoms with van der Waals surface area (Å²) in [5.41, 5.74) is 2.27. The zero-order valence-electron chi connectivity index (χ0n) is 15.1. The number of carbonyl (C=O) groups excluding carboxylic acids is 1. The summed E-state index contributed by atoms with van der Waals surface area (Å²) in [5.74, 6) is 0.393. The van der Waals surface area contributed by atoms with Gasteiger partial charge < -0.3 is 14.8 Å². The summed E-state index contributed by atoms with van der Waals surface area (Å²) < 4.78 is 11.6. The number of nitrogens with one attached hydrogen (secondary N) is 1. The second-order valence-electron chi connectivity index (χ2n) is 6.19. The number of likely N-dealkylation sites (N-methyl/N-ethyl adjacent to an activating group) is 1. The number of hydrogen-bond acceptors (Lipinski definition) is 5. The number of halogens is 2. The summed E-state index contributed by atoms with van der Waals surface area (Å²) >= 11 is 3.57. The fourth-order valence-electron chi connectivity index (χ4n) is 3.09. The summed E-state index contributed by atoms with van der Waals surface area (Å²) in [4.78, 5) is 14.0. The molecule has 0 spiro atoms.